The van der Waals surface area contributed by atoms with Crippen LogP contribution in [-0.2, 0) is 9.84 Å². The highest BCUT2D eigenvalue weighted by Gasteiger charge is 2.16. The summed E-state index contributed by atoms with van der Waals surface area (Å²) >= 11 is 5.82. The number of nitrogens with one attached hydrogen (secondary N) is 1. The van der Waals surface area contributed by atoms with Crippen LogP contribution in [0.5, 0.6) is 0 Å². The smallest absolute Gasteiger partial charge is 0.269 e. The van der Waals surface area contributed by atoms with Gasteiger partial charge in [-0.15, -0.1) is 0 Å². The van der Waals surface area contributed by atoms with Crippen molar-refractivity contribution in [3.8, 4) is 0 Å². The van der Waals surface area contributed by atoms with Gasteiger partial charge < -0.3 is 5.32 Å². The number of benzene rings is 2. The van der Waals surface area contributed by atoms with Gasteiger partial charge in [0, 0.05) is 29.6 Å². The van der Waals surface area contributed by atoms with E-state index in [-0.39, 0.29) is 21.2 Å². The Labute approximate surface area is 137 Å². The highest BCUT2D eigenvalue weighted by atomic mass is 35.5. The second-order valence-corrected chi connectivity index (χ2v) is 7.07. The van der Waals surface area contributed by atoms with Crippen LogP contribution in [0.1, 0.15) is 10.4 Å². The van der Waals surface area contributed by atoms with Crippen molar-refractivity contribution < 1.29 is 18.1 Å². The normalized spacial score (nSPS) is 11.0. The third kappa shape index (κ3) is 4.05. The van der Waals surface area contributed by atoms with E-state index < -0.39 is 20.7 Å². The minimum atomic E-state index is -3.56. The van der Waals surface area contributed by atoms with Crippen LogP contribution in [-0.4, -0.2) is 25.5 Å². The summed E-state index contributed by atoms with van der Waals surface area (Å²) in [4.78, 5) is 22.0. The van der Waals surface area contributed by atoms with Gasteiger partial charge in [-0.2, -0.15) is 0 Å². The average Bonchev–Trinajstić information content (AvgIpc) is 2.47. The number of nitro benzene ring substituents is 1. The molecule has 0 aliphatic carbocycles. The highest BCUT2D eigenvalue weighted by molar-refractivity contribution is 7.90. The SMILES string of the molecule is CS(=O)(=O)c1cc(C(=O)Nc2ccc([N+](=O)[O-])cc2)ccc1Cl. The predicted molar refractivity (Wildman–Crippen MR) is 85.6 cm³/mol. The molecule has 1 amide bonds. The van der Waals surface area contributed by atoms with Gasteiger partial charge in [-0.1, -0.05) is 11.6 Å². The van der Waals surface area contributed by atoms with Crippen molar-refractivity contribution in [2.24, 2.45) is 0 Å². The fourth-order valence-electron chi connectivity index (χ4n) is 1.80. The van der Waals surface area contributed by atoms with Crippen LogP contribution >= 0.6 is 11.6 Å². The molecule has 120 valence electrons. The number of amides is 1. The molecule has 0 aliphatic rings. The van der Waals surface area contributed by atoms with E-state index in [0.29, 0.717) is 5.69 Å². The Kier molecular flexibility index (Phi) is 4.67. The monoisotopic (exact) mass is 354 g/mol. The number of halogens is 1. The lowest BCUT2D eigenvalue weighted by Crippen LogP contribution is -2.13. The molecule has 0 fully saturated rings. The Hall–Kier alpha value is -2.45. The summed E-state index contributed by atoms with van der Waals surface area (Å²) in [6, 6.07) is 9.14. The molecular weight excluding hydrogens is 344 g/mol. The summed E-state index contributed by atoms with van der Waals surface area (Å²) in [5, 5.41) is 13.1. The third-order valence-electron chi connectivity index (χ3n) is 2.93. The Bertz CT molecular complexity index is 879. The van der Waals surface area contributed by atoms with Gasteiger partial charge in [0.25, 0.3) is 11.6 Å². The maximum absolute atomic E-state index is 12.1. The molecule has 1 N–H and O–H groups in total. The van der Waals surface area contributed by atoms with Crippen LogP contribution in [0.3, 0.4) is 0 Å². The molecule has 0 saturated heterocycles. The van der Waals surface area contributed by atoms with Crippen molar-refractivity contribution in [1.29, 1.82) is 0 Å². The summed E-state index contributed by atoms with van der Waals surface area (Å²) in [6.45, 7) is 0. The van der Waals surface area contributed by atoms with E-state index >= 15 is 0 Å². The maximum atomic E-state index is 12.1. The van der Waals surface area contributed by atoms with Crippen LogP contribution in [0.25, 0.3) is 0 Å². The summed E-state index contributed by atoms with van der Waals surface area (Å²) < 4.78 is 23.2. The molecule has 9 heteroatoms. The molecule has 0 heterocycles. The van der Waals surface area contributed by atoms with Crippen molar-refractivity contribution in [2.45, 2.75) is 4.90 Å². The van der Waals surface area contributed by atoms with Gasteiger partial charge in [0.1, 0.15) is 0 Å². The zero-order chi connectivity index (χ0) is 17.2. The molecule has 2 aromatic carbocycles. The van der Waals surface area contributed by atoms with Gasteiger partial charge in [0.2, 0.25) is 0 Å². The molecule has 2 aromatic rings. The van der Waals surface area contributed by atoms with Gasteiger partial charge >= 0.3 is 0 Å². The van der Waals surface area contributed by atoms with E-state index in [4.69, 9.17) is 11.6 Å². The third-order valence-corrected chi connectivity index (χ3v) is 4.51. The summed E-state index contributed by atoms with van der Waals surface area (Å²) in [5.41, 5.74) is 0.346. The van der Waals surface area contributed by atoms with E-state index in [2.05, 4.69) is 5.32 Å². The van der Waals surface area contributed by atoms with Crippen molar-refractivity contribution in [3.63, 3.8) is 0 Å². The number of non-ortho nitro benzene ring substituents is 1. The molecule has 0 atom stereocenters. The van der Waals surface area contributed by atoms with E-state index in [1.165, 1.54) is 42.5 Å². The Balaban J connectivity index is 2.26. The van der Waals surface area contributed by atoms with Crippen LogP contribution in [0, 0.1) is 10.1 Å². The van der Waals surface area contributed by atoms with Crippen molar-refractivity contribution in [3.05, 3.63) is 63.2 Å². The Morgan fingerprint density at radius 2 is 1.78 bits per heavy atom. The molecule has 0 radical (unpaired) electrons. The van der Waals surface area contributed by atoms with E-state index in [9.17, 15) is 23.3 Å². The number of anilines is 1. The number of sulfone groups is 1. The molecule has 0 aromatic heterocycles. The maximum Gasteiger partial charge on any atom is 0.269 e. The van der Waals surface area contributed by atoms with Gasteiger partial charge in [0.05, 0.1) is 14.8 Å². The lowest BCUT2D eigenvalue weighted by molar-refractivity contribution is -0.384. The number of rotatable bonds is 4. The number of hydrogen-bond acceptors (Lipinski definition) is 5. The summed E-state index contributed by atoms with van der Waals surface area (Å²) in [6.07, 6.45) is 0.992. The first kappa shape index (κ1) is 16.9. The lowest BCUT2D eigenvalue weighted by Gasteiger charge is -2.07. The van der Waals surface area contributed by atoms with Crippen molar-refractivity contribution in [2.75, 3.05) is 11.6 Å². The molecule has 0 spiro atoms. The second kappa shape index (κ2) is 6.35. The standard InChI is InChI=1S/C14H11ClN2O5S/c1-23(21,22)13-8-9(2-7-12(13)15)14(18)16-10-3-5-11(6-4-10)17(19)20/h2-8H,1H3,(H,16,18). The van der Waals surface area contributed by atoms with E-state index in [1.54, 1.807) is 0 Å². The Morgan fingerprint density at radius 3 is 2.30 bits per heavy atom. The molecule has 23 heavy (non-hydrogen) atoms. The fourth-order valence-corrected chi connectivity index (χ4v) is 3.10. The predicted octanol–water partition coefficient (Wildman–Crippen LogP) is 2.90. The van der Waals surface area contributed by atoms with Gasteiger partial charge in [-0.05, 0) is 30.3 Å². The second-order valence-electron chi connectivity index (χ2n) is 4.68. The van der Waals surface area contributed by atoms with E-state index in [1.807, 2.05) is 0 Å². The van der Waals surface area contributed by atoms with Gasteiger partial charge in [-0.25, -0.2) is 8.42 Å². The molecule has 2 rings (SSSR count). The van der Waals surface area contributed by atoms with E-state index in [0.717, 1.165) is 6.26 Å². The lowest BCUT2D eigenvalue weighted by atomic mass is 10.2. The van der Waals surface area contributed by atoms with Crippen molar-refractivity contribution in [1.82, 2.24) is 0 Å². The number of nitro groups is 1. The number of carbonyl (C=O) groups excluding carboxylic acids is 1. The van der Waals surface area contributed by atoms with Gasteiger partial charge in [0.15, 0.2) is 9.84 Å². The van der Waals surface area contributed by atoms with Crippen LogP contribution in [0.2, 0.25) is 5.02 Å². The van der Waals surface area contributed by atoms with Crippen LogP contribution < -0.4 is 5.32 Å². The molecule has 0 bridgehead atoms. The summed E-state index contributed by atoms with van der Waals surface area (Å²) in [5.74, 6) is -0.555. The van der Waals surface area contributed by atoms with Crippen LogP contribution in [0.15, 0.2) is 47.4 Å². The summed E-state index contributed by atoms with van der Waals surface area (Å²) in [7, 11) is -3.56. The number of carbonyl (C=O) groups is 1. The first-order valence-electron chi connectivity index (χ1n) is 6.24. The number of hydrogen-bond donors (Lipinski definition) is 1. The largest absolute Gasteiger partial charge is 0.322 e. The first-order chi connectivity index (χ1) is 10.7. The fraction of sp³-hybridized carbons (Fsp3) is 0.0714. The first-order valence-corrected chi connectivity index (χ1v) is 8.51. The molecule has 0 unspecified atom stereocenters. The topological polar surface area (TPSA) is 106 Å². The van der Waals surface area contributed by atoms with Gasteiger partial charge in [-0.3, -0.25) is 14.9 Å². The van der Waals surface area contributed by atoms with Crippen LogP contribution in [0.4, 0.5) is 11.4 Å². The highest BCUT2D eigenvalue weighted by Crippen LogP contribution is 2.23. The molecular formula is C14H11ClN2O5S. The minimum Gasteiger partial charge on any atom is -0.322 e. The van der Waals surface area contributed by atoms with Crippen molar-refractivity contribution >= 4 is 38.7 Å². The zero-order valence-electron chi connectivity index (χ0n) is 11.8. The molecule has 0 aliphatic heterocycles. The zero-order valence-corrected chi connectivity index (χ0v) is 13.4. The quantitative estimate of drug-likeness (QED) is 0.671. The Morgan fingerprint density at radius 1 is 1.17 bits per heavy atom. The molecule has 0 saturated carbocycles. The average molecular weight is 355 g/mol. The molecule has 7 nitrogen and oxygen atoms in total. The minimum absolute atomic E-state index is 0.0272. The number of nitrogens with zero attached hydrogens (tertiary/aromatic N) is 1.